The molecule has 6 rings (SSSR count). The van der Waals surface area contributed by atoms with Crippen molar-refractivity contribution >= 4 is 11.1 Å². The fourth-order valence-corrected chi connectivity index (χ4v) is 5.22. The van der Waals surface area contributed by atoms with Crippen LogP contribution in [0.3, 0.4) is 0 Å². The van der Waals surface area contributed by atoms with Crippen LogP contribution in [0.4, 0.5) is 0 Å². The Labute approximate surface area is 201 Å². The van der Waals surface area contributed by atoms with E-state index in [2.05, 4.69) is 97.1 Å². The number of fused-ring (bicyclic) bond motifs is 5. The number of halogens is 2. The Bertz CT molecular complexity index is 1220. The number of hydrogen-bond donors (Lipinski definition) is 0. The minimum atomic E-state index is 0. The van der Waals surface area contributed by atoms with E-state index < -0.39 is 0 Å². The monoisotopic (exact) mass is 465 g/mol. The Balaban J connectivity index is 0.000000853. The first-order valence-electron chi connectivity index (χ1n) is 9.77. The summed E-state index contributed by atoms with van der Waals surface area (Å²) in [7, 11) is 0. The van der Waals surface area contributed by atoms with Crippen molar-refractivity contribution in [3.63, 3.8) is 0 Å². The van der Waals surface area contributed by atoms with Crippen molar-refractivity contribution in [2.24, 2.45) is 5.92 Å². The van der Waals surface area contributed by atoms with Crippen LogP contribution in [0.5, 0.6) is 0 Å². The zero-order chi connectivity index (χ0) is 17.8. The van der Waals surface area contributed by atoms with Crippen molar-refractivity contribution < 1.29 is 43.4 Å². The molecule has 0 fully saturated rings. The van der Waals surface area contributed by atoms with Gasteiger partial charge in [-0.3, -0.25) is 0 Å². The Morgan fingerprint density at radius 3 is 1.87 bits per heavy atom. The maximum Gasteiger partial charge on any atom is 2.00 e. The van der Waals surface area contributed by atoms with Gasteiger partial charge in [0.2, 0.25) is 0 Å². The van der Waals surface area contributed by atoms with Crippen molar-refractivity contribution in [3.8, 4) is 11.1 Å². The van der Waals surface area contributed by atoms with Gasteiger partial charge in [0.25, 0.3) is 0 Å². The van der Waals surface area contributed by atoms with E-state index in [1.807, 2.05) is 0 Å². The first kappa shape index (κ1) is 22.7. The quantitative estimate of drug-likeness (QED) is 0.453. The van der Waals surface area contributed by atoms with Crippen LogP contribution in [0.2, 0.25) is 0 Å². The molecule has 0 amide bonds. The Morgan fingerprint density at radius 1 is 0.633 bits per heavy atom. The SMILES string of the molecule is C1=CC2=c3ccccc3=C(CC3c4ccccc4-c4ccccc43)C2C=C1.[Cl-].[Cl-].[V+2]. The number of benzene rings is 3. The molecule has 0 nitrogen and oxygen atoms in total. The number of hydrogen-bond acceptors (Lipinski definition) is 0. The van der Waals surface area contributed by atoms with E-state index in [1.165, 1.54) is 38.3 Å². The van der Waals surface area contributed by atoms with Gasteiger partial charge < -0.3 is 24.8 Å². The molecule has 3 aromatic rings. The van der Waals surface area contributed by atoms with Crippen molar-refractivity contribution in [2.75, 3.05) is 0 Å². The molecule has 30 heavy (non-hydrogen) atoms. The molecule has 0 saturated heterocycles. The summed E-state index contributed by atoms with van der Waals surface area (Å²) >= 11 is 0. The molecule has 147 valence electrons. The van der Waals surface area contributed by atoms with Gasteiger partial charge >= 0.3 is 18.6 Å². The summed E-state index contributed by atoms with van der Waals surface area (Å²) in [6, 6.07) is 26.8. The molecule has 0 saturated carbocycles. The average Bonchev–Trinajstić information content (AvgIpc) is 3.23. The van der Waals surface area contributed by atoms with Crippen molar-refractivity contribution in [1.82, 2.24) is 0 Å². The zero-order valence-electron chi connectivity index (χ0n) is 16.3. The molecule has 3 aromatic carbocycles. The Morgan fingerprint density at radius 2 is 1.20 bits per heavy atom. The minimum Gasteiger partial charge on any atom is -1.00 e. The predicted molar refractivity (Wildman–Crippen MR) is 113 cm³/mol. The van der Waals surface area contributed by atoms with Gasteiger partial charge in [-0.15, -0.1) is 0 Å². The molecule has 3 aliphatic carbocycles. The second kappa shape index (κ2) is 9.04. The van der Waals surface area contributed by atoms with E-state index in [9.17, 15) is 0 Å². The summed E-state index contributed by atoms with van der Waals surface area (Å²) in [6.07, 6.45) is 10.1. The third-order valence-corrected chi connectivity index (χ3v) is 6.37. The van der Waals surface area contributed by atoms with Crippen LogP contribution in [0.25, 0.3) is 22.3 Å². The van der Waals surface area contributed by atoms with E-state index in [1.54, 1.807) is 5.57 Å². The maximum atomic E-state index is 2.37. The Kier molecular flexibility index (Phi) is 6.85. The topological polar surface area (TPSA) is 0 Å². The Hall–Kier alpha value is -1.96. The van der Waals surface area contributed by atoms with E-state index in [-0.39, 0.29) is 43.4 Å². The molecule has 3 heteroatoms. The van der Waals surface area contributed by atoms with Gasteiger partial charge in [0, 0.05) is 11.8 Å². The van der Waals surface area contributed by atoms with Crippen molar-refractivity contribution in [1.29, 1.82) is 0 Å². The third kappa shape index (κ3) is 3.33. The standard InChI is InChI=1S/C27H20.2ClH.V/c1-5-13-22-18(9-1)19-10-2-6-14-23(19)26(22)17-27-24-15-7-3-11-20(24)21-12-4-8-16-25(21)27;;;/h1-16,22,27H,17H2;2*1H;/q;;;+2/p-2. The summed E-state index contributed by atoms with van der Waals surface area (Å²) in [5, 5.41) is 2.85. The predicted octanol–water partition coefficient (Wildman–Crippen LogP) is -1.05. The van der Waals surface area contributed by atoms with E-state index in [4.69, 9.17) is 0 Å². The van der Waals surface area contributed by atoms with Crippen LogP contribution >= 0.6 is 0 Å². The van der Waals surface area contributed by atoms with E-state index >= 15 is 0 Å². The molecular weight excluding hydrogens is 446 g/mol. The molecule has 1 radical (unpaired) electrons. The molecular formula is C27H20Cl2V. The van der Waals surface area contributed by atoms with Gasteiger partial charge in [0.15, 0.2) is 0 Å². The zero-order valence-corrected chi connectivity index (χ0v) is 19.2. The van der Waals surface area contributed by atoms with Gasteiger partial charge in [0.05, 0.1) is 0 Å². The van der Waals surface area contributed by atoms with Crippen LogP contribution in [0.15, 0.2) is 97.1 Å². The average molecular weight is 466 g/mol. The van der Waals surface area contributed by atoms with Gasteiger partial charge in [0.1, 0.15) is 0 Å². The summed E-state index contributed by atoms with van der Waals surface area (Å²) < 4.78 is 0. The van der Waals surface area contributed by atoms with E-state index in [0.717, 1.165) is 6.42 Å². The normalized spacial score (nSPS) is 17.1. The number of allylic oxidation sites excluding steroid dienone is 4. The van der Waals surface area contributed by atoms with Crippen LogP contribution in [-0.2, 0) is 18.6 Å². The van der Waals surface area contributed by atoms with Crippen LogP contribution in [0.1, 0.15) is 23.5 Å². The third-order valence-electron chi connectivity index (χ3n) is 6.37. The van der Waals surface area contributed by atoms with Gasteiger partial charge in [-0.2, -0.15) is 0 Å². The molecule has 0 aliphatic heterocycles. The summed E-state index contributed by atoms with van der Waals surface area (Å²) in [4.78, 5) is 0. The van der Waals surface area contributed by atoms with Gasteiger partial charge in [-0.1, -0.05) is 103 Å². The summed E-state index contributed by atoms with van der Waals surface area (Å²) in [5.74, 6) is 0.867. The second-order valence-corrected chi connectivity index (χ2v) is 7.68. The maximum absolute atomic E-state index is 2.37. The first-order chi connectivity index (χ1) is 13.4. The van der Waals surface area contributed by atoms with Crippen LogP contribution in [0, 0.1) is 5.92 Å². The van der Waals surface area contributed by atoms with Crippen LogP contribution in [-0.4, -0.2) is 0 Å². The van der Waals surface area contributed by atoms with Crippen molar-refractivity contribution in [3.05, 3.63) is 119 Å². The molecule has 0 heterocycles. The molecule has 0 spiro atoms. The molecule has 3 aliphatic rings. The fourth-order valence-electron chi connectivity index (χ4n) is 5.22. The largest absolute Gasteiger partial charge is 2.00 e. The van der Waals surface area contributed by atoms with E-state index in [0.29, 0.717) is 11.8 Å². The molecule has 0 aromatic heterocycles. The van der Waals surface area contributed by atoms with Gasteiger partial charge in [-0.25, -0.2) is 0 Å². The molecule has 0 N–H and O–H groups in total. The second-order valence-electron chi connectivity index (χ2n) is 7.68. The molecule has 0 bridgehead atoms. The van der Waals surface area contributed by atoms with Gasteiger partial charge in [-0.05, 0) is 44.7 Å². The van der Waals surface area contributed by atoms with Crippen molar-refractivity contribution in [2.45, 2.75) is 12.3 Å². The number of rotatable bonds is 2. The summed E-state index contributed by atoms with van der Waals surface area (Å²) in [5.41, 5.74) is 8.81. The molecule has 1 atom stereocenters. The first-order valence-corrected chi connectivity index (χ1v) is 9.77. The smallest absolute Gasteiger partial charge is 1.00 e. The van der Waals surface area contributed by atoms with Crippen LogP contribution < -0.4 is 35.3 Å². The summed E-state index contributed by atoms with van der Waals surface area (Å²) in [6.45, 7) is 0. The minimum absolute atomic E-state index is 0. The molecule has 1 unspecified atom stereocenters. The fraction of sp³-hybridized carbons (Fsp3) is 0.111.